The molecule has 7 heteroatoms. The van der Waals surface area contributed by atoms with E-state index in [1.807, 2.05) is 35.0 Å². The number of thiophene rings is 1. The Hall–Kier alpha value is -2.28. The van der Waals surface area contributed by atoms with Gasteiger partial charge in [-0.05, 0) is 41.8 Å². The first-order valence-corrected chi connectivity index (χ1v) is 9.20. The van der Waals surface area contributed by atoms with Crippen molar-refractivity contribution in [3.63, 3.8) is 0 Å². The molecule has 0 atom stereocenters. The van der Waals surface area contributed by atoms with Gasteiger partial charge in [0.2, 0.25) is 0 Å². The first-order valence-electron chi connectivity index (χ1n) is 7.06. The number of aromatic nitrogens is 3. The monoisotopic (exact) mass is 371 g/mol. The summed E-state index contributed by atoms with van der Waals surface area (Å²) >= 11 is 9.06. The molecule has 0 N–H and O–H groups in total. The maximum absolute atomic E-state index is 12.9. The fourth-order valence-corrected chi connectivity index (χ4v) is 3.77. The van der Waals surface area contributed by atoms with Gasteiger partial charge in [-0.2, -0.15) is 0 Å². The summed E-state index contributed by atoms with van der Waals surface area (Å²) in [6.07, 6.45) is 5.44. The maximum atomic E-state index is 12.9. The Bertz CT molecular complexity index is 1080. The summed E-state index contributed by atoms with van der Waals surface area (Å²) in [4.78, 5) is 22.9. The Kier molecular flexibility index (Phi) is 4.02. The van der Waals surface area contributed by atoms with Gasteiger partial charge >= 0.3 is 0 Å². The van der Waals surface area contributed by atoms with Crippen molar-refractivity contribution in [3.05, 3.63) is 73.4 Å². The van der Waals surface area contributed by atoms with Crippen molar-refractivity contribution in [2.75, 3.05) is 0 Å². The van der Waals surface area contributed by atoms with E-state index in [0.717, 1.165) is 4.88 Å². The lowest BCUT2D eigenvalue weighted by molar-refractivity contribution is 0.930. The highest BCUT2D eigenvalue weighted by Gasteiger charge is 2.13. The molecule has 4 aromatic rings. The molecule has 24 heavy (non-hydrogen) atoms. The minimum Gasteiger partial charge on any atom is -0.268 e. The maximum Gasteiger partial charge on any atom is 0.268 e. The standard InChI is InChI=1S/C17H10ClN3OS2/c18-11-3-5-13-14(10-11)20-15(6-4-12-2-1-8-23-12)21(16(13)22)17-19-7-9-24-17/h1-10H/b6-4+. The second-order valence-electron chi connectivity index (χ2n) is 4.94. The molecule has 0 fully saturated rings. The van der Waals surface area contributed by atoms with Gasteiger partial charge in [0.05, 0.1) is 10.9 Å². The van der Waals surface area contributed by atoms with Gasteiger partial charge < -0.3 is 0 Å². The highest BCUT2D eigenvalue weighted by Crippen LogP contribution is 2.20. The van der Waals surface area contributed by atoms with Crippen molar-refractivity contribution in [3.8, 4) is 5.13 Å². The molecule has 0 aliphatic rings. The third kappa shape index (κ3) is 2.80. The number of benzene rings is 1. The van der Waals surface area contributed by atoms with Crippen LogP contribution in [0.3, 0.4) is 0 Å². The van der Waals surface area contributed by atoms with E-state index >= 15 is 0 Å². The summed E-state index contributed by atoms with van der Waals surface area (Å²) in [7, 11) is 0. The van der Waals surface area contributed by atoms with Crippen LogP contribution in [0.2, 0.25) is 5.02 Å². The molecule has 0 bridgehead atoms. The van der Waals surface area contributed by atoms with Crippen molar-refractivity contribution >= 4 is 57.3 Å². The summed E-state index contributed by atoms with van der Waals surface area (Å²) in [5, 5.41) is 5.49. The van der Waals surface area contributed by atoms with Gasteiger partial charge in [-0.15, -0.1) is 22.7 Å². The fourth-order valence-electron chi connectivity index (χ4n) is 2.34. The zero-order chi connectivity index (χ0) is 16.5. The molecule has 4 rings (SSSR count). The molecular weight excluding hydrogens is 362 g/mol. The van der Waals surface area contributed by atoms with Gasteiger partial charge in [-0.1, -0.05) is 17.7 Å². The van der Waals surface area contributed by atoms with E-state index in [4.69, 9.17) is 11.6 Å². The highest BCUT2D eigenvalue weighted by molar-refractivity contribution is 7.12. The Balaban J connectivity index is 1.98. The number of hydrogen-bond donors (Lipinski definition) is 0. The number of hydrogen-bond acceptors (Lipinski definition) is 5. The second-order valence-corrected chi connectivity index (χ2v) is 7.22. The van der Waals surface area contributed by atoms with Crippen molar-refractivity contribution in [2.45, 2.75) is 0 Å². The van der Waals surface area contributed by atoms with Crippen LogP contribution in [-0.2, 0) is 0 Å². The Morgan fingerprint density at radius 1 is 1.12 bits per heavy atom. The van der Waals surface area contributed by atoms with Gasteiger partial charge in [0.15, 0.2) is 5.13 Å². The molecular formula is C17H10ClN3OS2. The molecule has 0 unspecified atom stereocenters. The smallest absolute Gasteiger partial charge is 0.268 e. The Morgan fingerprint density at radius 2 is 2.04 bits per heavy atom. The normalized spacial score (nSPS) is 11.5. The summed E-state index contributed by atoms with van der Waals surface area (Å²) in [5.41, 5.74) is 0.420. The van der Waals surface area contributed by atoms with E-state index < -0.39 is 0 Å². The van der Waals surface area contributed by atoms with E-state index in [9.17, 15) is 4.79 Å². The first kappa shape index (κ1) is 15.3. The summed E-state index contributed by atoms with van der Waals surface area (Å²) in [6, 6.07) is 9.08. The van der Waals surface area contributed by atoms with Crippen LogP contribution >= 0.6 is 34.3 Å². The minimum absolute atomic E-state index is 0.155. The van der Waals surface area contributed by atoms with E-state index in [0.29, 0.717) is 26.9 Å². The number of halogens is 1. The van der Waals surface area contributed by atoms with Crippen LogP contribution in [0.4, 0.5) is 0 Å². The molecule has 0 aliphatic heterocycles. The molecule has 0 radical (unpaired) electrons. The van der Waals surface area contributed by atoms with Gasteiger partial charge in [-0.25, -0.2) is 14.5 Å². The van der Waals surface area contributed by atoms with E-state index in [1.165, 1.54) is 15.9 Å². The van der Waals surface area contributed by atoms with Crippen LogP contribution in [0.15, 0.2) is 52.1 Å². The van der Waals surface area contributed by atoms with Crippen LogP contribution in [0.25, 0.3) is 28.2 Å². The topological polar surface area (TPSA) is 47.8 Å². The summed E-state index contributed by atoms with van der Waals surface area (Å²) in [5.74, 6) is 0.526. The molecule has 0 saturated heterocycles. The zero-order valence-electron chi connectivity index (χ0n) is 12.2. The molecule has 0 amide bonds. The number of fused-ring (bicyclic) bond motifs is 1. The van der Waals surface area contributed by atoms with Crippen LogP contribution in [-0.4, -0.2) is 14.5 Å². The summed E-state index contributed by atoms with van der Waals surface area (Å²) in [6.45, 7) is 0. The van der Waals surface area contributed by atoms with Crippen molar-refractivity contribution < 1.29 is 0 Å². The average Bonchev–Trinajstić information content (AvgIpc) is 3.26. The quantitative estimate of drug-likeness (QED) is 0.523. The number of thiazole rings is 1. The highest BCUT2D eigenvalue weighted by atomic mass is 35.5. The van der Waals surface area contributed by atoms with Gasteiger partial charge in [0, 0.05) is 21.5 Å². The van der Waals surface area contributed by atoms with E-state index in [1.54, 1.807) is 35.7 Å². The Labute approximate surface area is 150 Å². The molecule has 0 aliphatic carbocycles. The lowest BCUT2D eigenvalue weighted by Gasteiger charge is -2.08. The van der Waals surface area contributed by atoms with Crippen molar-refractivity contribution in [2.24, 2.45) is 0 Å². The largest absolute Gasteiger partial charge is 0.268 e. The molecule has 1 aromatic carbocycles. The van der Waals surface area contributed by atoms with Crippen molar-refractivity contribution in [1.82, 2.24) is 14.5 Å². The van der Waals surface area contributed by atoms with Gasteiger partial charge in [0.25, 0.3) is 5.56 Å². The molecule has 118 valence electrons. The Morgan fingerprint density at radius 3 is 2.79 bits per heavy atom. The SMILES string of the molecule is O=c1c2ccc(Cl)cc2nc(/C=C/c2cccs2)n1-c1nccs1. The van der Waals surface area contributed by atoms with Gasteiger partial charge in [-0.3, -0.25) is 4.79 Å². The predicted molar refractivity (Wildman–Crippen MR) is 101 cm³/mol. The van der Waals surface area contributed by atoms with Crippen molar-refractivity contribution in [1.29, 1.82) is 0 Å². The molecule has 3 aromatic heterocycles. The van der Waals surface area contributed by atoms with Crippen LogP contribution in [0.1, 0.15) is 10.7 Å². The molecule has 4 nitrogen and oxygen atoms in total. The third-order valence-corrected chi connectivity index (χ3v) is 5.24. The van der Waals surface area contributed by atoms with Crippen LogP contribution in [0, 0.1) is 0 Å². The van der Waals surface area contributed by atoms with E-state index in [2.05, 4.69) is 9.97 Å². The van der Waals surface area contributed by atoms with Crippen LogP contribution < -0.4 is 5.56 Å². The molecule has 0 saturated carbocycles. The lowest BCUT2D eigenvalue weighted by atomic mass is 10.2. The van der Waals surface area contributed by atoms with Gasteiger partial charge in [0.1, 0.15) is 5.82 Å². The minimum atomic E-state index is -0.155. The molecule has 3 heterocycles. The number of rotatable bonds is 3. The predicted octanol–water partition coefficient (Wildman–Crippen LogP) is 4.73. The third-order valence-electron chi connectivity index (χ3n) is 3.41. The first-order chi connectivity index (χ1) is 11.7. The van der Waals surface area contributed by atoms with E-state index in [-0.39, 0.29) is 5.56 Å². The number of nitrogens with zero attached hydrogens (tertiary/aromatic N) is 3. The summed E-state index contributed by atoms with van der Waals surface area (Å²) < 4.78 is 1.53. The lowest BCUT2D eigenvalue weighted by Crippen LogP contribution is -2.22. The zero-order valence-corrected chi connectivity index (χ0v) is 14.6. The van der Waals surface area contributed by atoms with Crippen LogP contribution in [0.5, 0.6) is 0 Å². The molecule has 0 spiro atoms. The fraction of sp³-hybridized carbons (Fsp3) is 0. The average molecular weight is 372 g/mol. The second kappa shape index (κ2) is 6.32.